The second-order valence-electron chi connectivity index (χ2n) is 5.20. The van der Waals surface area contributed by atoms with Crippen LogP contribution in [0.25, 0.3) is 0 Å². The Morgan fingerprint density at radius 2 is 2.05 bits per heavy atom. The summed E-state index contributed by atoms with van der Waals surface area (Å²) in [6, 6.07) is 2.28. The van der Waals surface area contributed by atoms with E-state index in [1.807, 2.05) is 0 Å². The maximum Gasteiger partial charge on any atom is 0.416 e. The van der Waals surface area contributed by atoms with Gasteiger partial charge in [-0.2, -0.15) is 13.2 Å². The first kappa shape index (κ1) is 14.6. The summed E-state index contributed by atoms with van der Waals surface area (Å²) in [6.07, 6.45) is -4.28. The van der Waals surface area contributed by atoms with Crippen molar-refractivity contribution in [3.8, 4) is 0 Å². The van der Waals surface area contributed by atoms with Gasteiger partial charge in [0.2, 0.25) is 0 Å². The third kappa shape index (κ3) is 2.57. The first-order valence-corrected chi connectivity index (χ1v) is 5.98. The van der Waals surface area contributed by atoms with E-state index >= 15 is 0 Å². The third-order valence-electron chi connectivity index (χ3n) is 3.61. The van der Waals surface area contributed by atoms with Gasteiger partial charge < -0.3 is 10.0 Å². The number of carboxylic acids is 1. The molecule has 0 aromatic heterocycles. The molecule has 1 aromatic carbocycles. The molecule has 1 fully saturated rings. The molecule has 7 heteroatoms. The van der Waals surface area contributed by atoms with Crippen molar-refractivity contribution in [2.45, 2.75) is 19.5 Å². The molecule has 0 amide bonds. The SMILES string of the molecule is CC1(C(=O)O)CCN(c2ccc(C(F)(F)F)cc2F)C1. The van der Waals surface area contributed by atoms with Crippen LogP contribution < -0.4 is 4.90 Å². The van der Waals surface area contributed by atoms with Crippen molar-refractivity contribution in [1.29, 1.82) is 0 Å². The van der Waals surface area contributed by atoms with Crippen molar-refractivity contribution in [2.75, 3.05) is 18.0 Å². The molecule has 1 aliphatic heterocycles. The van der Waals surface area contributed by atoms with E-state index in [0.717, 1.165) is 12.1 Å². The fourth-order valence-corrected chi connectivity index (χ4v) is 2.28. The standard InChI is InChI=1S/C13H13F4NO2/c1-12(11(19)20)4-5-18(7-12)10-3-2-8(6-9(10)14)13(15,16)17/h2-3,6H,4-5,7H2,1H3,(H,19,20). The molecule has 1 saturated heterocycles. The molecular weight excluding hydrogens is 278 g/mol. The van der Waals surface area contributed by atoms with Crippen LogP contribution in [0.2, 0.25) is 0 Å². The Morgan fingerprint density at radius 3 is 2.50 bits per heavy atom. The number of benzene rings is 1. The van der Waals surface area contributed by atoms with Crippen LogP contribution >= 0.6 is 0 Å². The molecule has 2 rings (SSSR count). The summed E-state index contributed by atoms with van der Waals surface area (Å²) < 4.78 is 51.1. The molecular formula is C13H13F4NO2. The Balaban J connectivity index is 2.26. The van der Waals surface area contributed by atoms with Crippen LogP contribution in [0, 0.1) is 11.2 Å². The Hall–Kier alpha value is -1.79. The number of hydrogen-bond acceptors (Lipinski definition) is 2. The number of nitrogens with zero attached hydrogens (tertiary/aromatic N) is 1. The number of anilines is 1. The molecule has 1 aromatic rings. The molecule has 0 aliphatic carbocycles. The van der Waals surface area contributed by atoms with Gasteiger partial charge in [-0.1, -0.05) is 0 Å². The first-order chi connectivity index (χ1) is 9.13. The second kappa shape index (κ2) is 4.64. The van der Waals surface area contributed by atoms with E-state index in [0.29, 0.717) is 19.0 Å². The zero-order valence-corrected chi connectivity index (χ0v) is 10.7. The summed E-state index contributed by atoms with van der Waals surface area (Å²) in [6.45, 7) is 1.91. The van der Waals surface area contributed by atoms with Gasteiger partial charge in [-0.05, 0) is 31.5 Å². The largest absolute Gasteiger partial charge is 0.481 e. The highest BCUT2D eigenvalue weighted by Crippen LogP contribution is 2.37. The van der Waals surface area contributed by atoms with E-state index in [1.165, 1.54) is 11.8 Å². The number of aliphatic carboxylic acids is 1. The van der Waals surface area contributed by atoms with E-state index < -0.39 is 28.9 Å². The van der Waals surface area contributed by atoms with E-state index in [1.54, 1.807) is 0 Å². The van der Waals surface area contributed by atoms with E-state index in [9.17, 15) is 22.4 Å². The van der Waals surface area contributed by atoms with Gasteiger partial charge >= 0.3 is 12.1 Å². The Morgan fingerprint density at radius 1 is 1.40 bits per heavy atom. The smallest absolute Gasteiger partial charge is 0.416 e. The minimum absolute atomic E-state index is 0.00275. The summed E-state index contributed by atoms with van der Waals surface area (Å²) in [5.74, 6) is -1.98. The lowest BCUT2D eigenvalue weighted by Crippen LogP contribution is -2.32. The van der Waals surface area contributed by atoms with Crippen molar-refractivity contribution in [3.05, 3.63) is 29.6 Å². The number of alkyl halides is 3. The van der Waals surface area contributed by atoms with Crippen molar-refractivity contribution >= 4 is 11.7 Å². The summed E-state index contributed by atoms with van der Waals surface area (Å²) in [5.41, 5.74) is -2.06. The Labute approximate surface area is 112 Å². The van der Waals surface area contributed by atoms with Crippen LogP contribution in [-0.2, 0) is 11.0 Å². The van der Waals surface area contributed by atoms with Gasteiger partial charge in [-0.3, -0.25) is 4.79 Å². The Kier molecular flexibility index (Phi) is 3.39. The van der Waals surface area contributed by atoms with E-state index in [2.05, 4.69) is 0 Å². The van der Waals surface area contributed by atoms with Crippen LogP contribution in [0.3, 0.4) is 0 Å². The highest BCUT2D eigenvalue weighted by Gasteiger charge is 2.41. The number of carbonyl (C=O) groups is 1. The summed E-state index contributed by atoms with van der Waals surface area (Å²) in [7, 11) is 0. The lowest BCUT2D eigenvalue weighted by atomic mass is 9.90. The summed E-state index contributed by atoms with van der Waals surface area (Å²) >= 11 is 0. The molecule has 0 radical (unpaired) electrons. The molecule has 20 heavy (non-hydrogen) atoms. The number of carboxylic acid groups (broad SMARTS) is 1. The summed E-state index contributed by atoms with van der Waals surface area (Å²) in [5, 5.41) is 9.09. The molecule has 3 nitrogen and oxygen atoms in total. The topological polar surface area (TPSA) is 40.5 Å². The maximum atomic E-state index is 13.8. The fraction of sp³-hybridized carbons (Fsp3) is 0.462. The number of rotatable bonds is 2. The maximum absolute atomic E-state index is 13.8. The van der Waals surface area contributed by atoms with Gasteiger partial charge in [0.05, 0.1) is 16.7 Å². The zero-order chi connectivity index (χ0) is 15.1. The van der Waals surface area contributed by atoms with Gasteiger partial charge in [-0.25, -0.2) is 4.39 Å². The van der Waals surface area contributed by atoms with Crippen molar-refractivity contribution < 1.29 is 27.5 Å². The third-order valence-corrected chi connectivity index (χ3v) is 3.61. The molecule has 1 atom stereocenters. The average molecular weight is 291 g/mol. The van der Waals surface area contributed by atoms with Gasteiger partial charge in [0.25, 0.3) is 0 Å². The lowest BCUT2D eigenvalue weighted by molar-refractivity contribution is -0.146. The monoisotopic (exact) mass is 291 g/mol. The van der Waals surface area contributed by atoms with Gasteiger partial charge in [0, 0.05) is 13.1 Å². The minimum atomic E-state index is -4.60. The number of hydrogen-bond donors (Lipinski definition) is 1. The molecule has 1 unspecified atom stereocenters. The molecule has 1 N–H and O–H groups in total. The van der Waals surface area contributed by atoms with Crippen LogP contribution in [0.5, 0.6) is 0 Å². The second-order valence-corrected chi connectivity index (χ2v) is 5.20. The molecule has 0 bridgehead atoms. The van der Waals surface area contributed by atoms with Crippen molar-refractivity contribution in [3.63, 3.8) is 0 Å². The fourth-order valence-electron chi connectivity index (χ4n) is 2.28. The quantitative estimate of drug-likeness (QED) is 0.851. The highest BCUT2D eigenvalue weighted by atomic mass is 19.4. The average Bonchev–Trinajstić information content (AvgIpc) is 2.72. The van der Waals surface area contributed by atoms with Crippen molar-refractivity contribution in [1.82, 2.24) is 0 Å². The van der Waals surface area contributed by atoms with Crippen LogP contribution in [0.1, 0.15) is 18.9 Å². The van der Waals surface area contributed by atoms with Crippen molar-refractivity contribution in [2.24, 2.45) is 5.41 Å². The number of halogens is 4. The van der Waals surface area contributed by atoms with E-state index in [4.69, 9.17) is 5.11 Å². The van der Waals surface area contributed by atoms with E-state index in [-0.39, 0.29) is 12.2 Å². The molecule has 110 valence electrons. The molecule has 0 spiro atoms. The zero-order valence-electron chi connectivity index (χ0n) is 10.7. The van der Waals surface area contributed by atoms with Gasteiger partial charge in [0.1, 0.15) is 5.82 Å². The lowest BCUT2D eigenvalue weighted by Gasteiger charge is -2.22. The summed E-state index contributed by atoms with van der Waals surface area (Å²) in [4.78, 5) is 12.6. The predicted octanol–water partition coefficient (Wildman–Crippen LogP) is 3.15. The minimum Gasteiger partial charge on any atom is -0.481 e. The van der Waals surface area contributed by atoms with Crippen LogP contribution in [0.4, 0.5) is 23.2 Å². The first-order valence-electron chi connectivity index (χ1n) is 5.98. The van der Waals surface area contributed by atoms with Crippen LogP contribution in [0.15, 0.2) is 18.2 Å². The van der Waals surface area contributed by atoms with Crippen LogP contribution in [-0.4, -0.2) is 24.2 Å². The Bertz CT molecular complexity index is 544. The molecule has 0 saturated carbocycles. The highest BCUT2D eigenvalue weighted by molar-refractivity contribution is 5.76. The normalized spacial score (nSPS) is 23.1. The molecule has 1 aliphatic rings. The molecule has 1 heterocycles. The van der Waals surface area contributed by atoms with Gasteiger partial charge in [-0.15, -0.1) is 0 Å². The predicted molar refractivity (Wildman–Crippen MR) is 64.0 cm³/mol. The van der Waals surface area contributed by atoms with Gasteiger partial charge in [0.15, 0.2) is 0 Å².